The van der Waals surface area contributed by atoms with Gasteiger partial charge < -0.3 is 10.2 Å². The first-order valence-corrected chi connectivity index (χ1v) is 7.97. The van der Waals surface area contributed by atoms with Gasteiger partial charge in [0.2, 0.25) is 0 Å². The summed E-state index contributed by atoms with van der Waals surface area (Å²) in [5, 5.41) is 4.39. The van der Waals surface area contributed by atoms with E-state index in [2.05, 4.69) is 57.8 Å². The highest BCUT2D eigenvalue weighted by atomic mass is 35.5. The number of nitrogens with zero attached hydrogens (tertiary/aromatic N) is 1. The Kier molecular flexibility index (Phi) is 6.35. The monoisotopic (exact) mass is 296 g/mol. The molecule has 1 rings (SSSR count). The van der Waals surface area contributed by atoms with Gasteiger partial charge in [-0.1, -0.05) is 24.6 Å². The molecule has 1 atom stereocenters. The Hall–Kier alpha value is -0.730. The van der Waals surface area contributed by atoms with Crippen molar-refractivity contribution in [3.8, 4) is 0 Å². The van der Waals surface area contributed by atoms with Crippen LogP contribution in [0, 0.1) is 0 Å². The van der Waals surface area contributed by atoms with Crippen molar-refractivity contribution in [2.75, 3.05) is 11.4 Å². The standard InChI is InChI=1S/C17H29ClN2/c1-7-13(3)20(8-2)16-11-9-10-15(18)14(16)12-19-17(4,5)6/h9-11,13,19H,7-8,12H2,1-6H3. The fraction of sp³-hybridized carbons (Fsp3) is 0.647. The minimum atomic E-state index is 0.0872. The van der Waals surface area contributed by atoms with Crippen LogP contribution in [0.3, 0.4) is 0 Å². The molecule has 114 valence electrons. The van der Waals surface area contributed by atoms with Crippen LogP contribution in [0.2, 0.25) is 5.02 Å². The molecule has 0 aliphatic carbocycles. The molecule has 0 aromatic heterocycles. The van der Waals surface area contributed by atoms with E-state index in [-0.39, 0.29) is 5.54 Å². The Morgan fingerprint density at radius 2 is 1.90 bits per heavy atom. The third kappa shape index (κ3) is 4.68. The number of nitrogens with one attached hydrogen (secondary N) is 1. The first kappa shape index (κ1) is 17.3. The van der Waals surface area contributed by atoms with Crippen molar-refractivity contribution in [3.05, 3.63) is 28.8 Å². The van der Waals surface area contributed by atoms with Gasteiger partial charge in [0.25, 0.3) is 0 Å². The predicted molar refractivity (Wildman–Crippen MR) is 90.8 cm³/mol. The van der Waals surface area contributed by atoms with Crippen LogP contribution >= 0.6 is 11.6 Å². The van der Waals surface area contributed by atoms with Crippen molar-refractivity contribution in [3.63, 3.8) is 0 Å². The van der Waals surface area contributed by atoms with Gasteiger partial charge in [-0.3, -0.25) is 0 Å². The summed E-state index contributed by atoms with van der Waals surface area (Å²) in [6.07, 6.45) is 1.13. The van der Waals surface area contributed by atoms with Crippen LogP contribution in [-0.4, -0.2) is 18.1 Å². The number of anilines is 1. The van der Waals surface area contributed by atoms with Gasteiger partial charge >= 0.3 is 0 Å². The maximum Gasteiger partial charge on any atom is 0.0471 e. The van der Waals surface area contributed by atoms with Gasteiger partial charge in [-0.15, -0.1) is 0 Å². The molecule has 1 aromatic carbocycles. The summed E-state index contributed by atoms with van der Waals surface area (Å²) in [7, 11) is 0. The lowest BCUT2D eigenvalue weighted by atomic mass is 10.1. The zero-order valence-electron chi connectivity index (χ0n) is 13.8. The Morgan fingerprint density at radius 3 is 2.40 bits per heavy atom. The van der Waals surface area contributed by atoms with Crippen molar-refractivity contribution < 1.29 is 0 Å². The third-order valence-electron chi connectivity index (χ3n) is 3.66. The van der Waals surface area contributed by atoms with E-state index in [0.29, 0.717) is 6.04 Å². The van der Waals surface area contributed by atoms with Crippen LogP contribution in [-0.2, 0) is 6.54 Å². The third-order valence-corrected chi connectivity index (χ3v) is 4.02. The van der Waals surface area contributed by atoms with E-state index in [0.717, 1.165) is 24.5 Å². The van der Waals surface area contributed by atoms with Crippen molar-refractivity contribution in [1.82, 2.24) is 5.32 Å². The molecule has 0 spiro atoms. The lowest BCUT2D eigenvalue weighted by Gasteiger charge is -2.32. The Balaban J connectivity index is 3.09. The van der Waals surface area contributed by atoms with Crippen LogP contribution in [0.25, 0.3) is 0 Å². The Morgan fingerprint density at radius 1 is 1.25 bits per heavy atom. The molecule has 0 saturated carbocycles. The number of rotatable bonds is 6. The highest BCUT2D eigenvalue weighted by Gasteiger charge is 2.18. The summed E-state index contributed by atoms with van der Waals surface area (Å²) in [6.45, 7) is 15.0. The van der Waals surface area contributed by atoms with Crippen molar-refractivity contribution >= 4 is 17.3 Å². The highest BCUT2D eigenvalue weighted by molar-refractivity contribution is 6.31. The van der Waals surface area contributed by atoms with Crippen LogP contribution in [0.4, 0.5) is 5.69 Å². The minimum Gasteiger partial charge on any atom is -0.369 e. The summed E-state index contributed by atoms with van der Waals surface area (Å²) < 4.78 is 0. The summed E-state index contributed by atoms with van der Waals surface area (Å²) in [6, 6.07) is 6.73. The molecule has 3 heteroatoms. The van der Waals surface area contributed by atoms with Crippen LogP contribution in [0.15, 0.2) is 18.2 Å². The van der Waals surface area contributed by atoms with Crippen LogP contribution in [0.5, 0.6) is 0 Å². The fourth-order valence-electron chi connectivity index (χ4n) is 2.28. The molecule has 0 saturated heterocycles. The number of hydrogen-bond acceptors (Lipinski definition) is 2. The zero-order chi connectivity index (χ0) is 15.3. The van der Waals surface area contributed by atoms with E-state index in [9.17, 15) is 0 Å². The molecule has 0 fully saturated rings. The Bertz CT molecular complexity index is 423. The van der Waals surface area contributed by atoms with Gasteiger partial charge in [0, 0.05) is 40.9 Å². The molecule has 0 aliphatic heterocycles. The average molecular weight is 297 g/mol. The van der Waals surface area contributed by atoms with Gasteiger partial charge in [-0.25, -0.2) is 0 Å². The SMILES string of the molecule is CCC(C)N(CC)c1cccc(Cl)c1CNC(C)(C)C. The maximum absolute atomic E-state index is 6.44. The first-order chi connectivity index (χ1) is 9.30. The molecule has 0 bridgehead atoms. The van der Waals surface area contributed by atoms with E-state index in [1.165, 1.54) is 11.3 Å². The average Bonchev–Trinajstić information content (AvgIpc) is 2.37. The van der Waals surface area contributed by atoms with E-state index in [1.54, 1.807) is 0 Å². The molecule has 0 heterocycles. The first-order valence-electron chi connectivity index (χ1n) is 7.59. The zero-order valence-corrected chi connectivity index (χ0v) is 14.5. The van der Waals surface area contributed by atoms with Gasteiger partial charge in [-0.05, 0) is 53.2 Å². The lowest BCUT2D eigenvalue weighted by molar-refractivity contribution is 0.424. The number of benzene rings is 1. The molecule has 20 heavy (non-hydrogen) atoms. The molecule has 2 nitrogen and oxygen atoms in total. The van der Waals surface area contributed by atoms with Gasteiger partial charge in [0.05, 0.1) is 0 Å². The fourth-order valence-corrected chi connectivity index (χ4v) is 2.52. The molecular formula is C17H29ClN2. The smallest absolute Gasteiger partial charge is 0.0471 e. The normalized spacial score (nSPS) is 13.3. The van der Waals surface area contributed by atoms with Gasteiger partial charge in [0.1, 0.15) is 0 Å². The van der Waals surface area contributed by atoms with Crippen molar-refractivity contribution in [1.29, 1.82) is 0 Å². The maximum atomic E-state index is 6.44. The summed E-state index contributed by atoms with van der Waals surface area (Å²) >= 11 is 6.44. The predicted octanol–water partition coefficient (Wildman–Crippen LogP) is 4.85. The molecular weight excluding hydrogens is 268 g/mol. The molecule has 1 aromatic rings. The largest absolute Gasteiger partial charge is 0.369 e. The Labute approximate surface area is 129 Å². The van der Waals surface area contributed by atoms with E-state index in [4.69, 9.17) is 11.6 Å². The number of halogens is 1. The lowest BCUT2D eigenvalue weighted by Crippen LogP contribution is -2.37. The summed E-state index contributed by atoms with van der Waals surface area (Å²) in [5.41, 5.74) is 2.54. The van der Waals surface area contributed by atoms with Crippen LogP contribution in [0.1, 0.15) is 53.5 Å². The quantitative estimate of drug-likeness (QED) is 0.807. The van der Waals surface area contributed by atoms with Crippen molar-refractivity contribution in [2.45, 2.75) is 66.1 Å². The van der Waals surface area contributed by atoms with Crippen LogP contribution < -0.4 is 10.2 Å². The second-order valence-electron chi connectivity index (χ2n) is 6.38. The van der Waals surface area contributed by atoms with Gasteiger partial charge in [0.15, 0.2) is 0 Å². The van der Waals surface area contributed by atoms with E-state index < -0.39 is 0 Å². The second-order valence-corrected chi connectivity index (χ2v) is 6.79. The van der Waals surface area contributed by atoms with Gasteiger partial charge in [-0.2, -0.15) is 0 Å². The summed E-state index contributed by atoms with van der Waals surface area (Å²) in [5.74, 6) is 0. The van der Waals surface area contributed by atoms with E-state index in [1.807, 2.05) is 12.1 Å². The van der Waals surface area contributed by atoms with Crippen molar-refractivity contribution in [2.24, 2.45) is 0 Å². The molecule has 1 N–H and O–H groups in total. The molecule has 0 radical (unpaired) electrons. The van der Waals surface area contributed by atoms with E-state index >= 15 is 0 Å². The summed E-state index contributed by atoms with van der Waals surface area (Å²) in [4.78, 5) is 2.44. The second kappa shape index (κ2) is 7.33. The number of hydrogen-bond donors (Lipinski definition) is 1. The highest BCUT2D eigenvalue weighted by Crippen LogP contribution is 2.29. The minimum absolute atomic E-state index is 0.0872. The molecule has 1 unspecified atom stereocenters. The molecule has 0 amide bonds. The topological polar surface area (TPSA) is 15.3 Å². The molecule has 0 aliphatic rings.